The van der Waals surface area contributed by atoms with Gasteiger partial charge in [-0.3, -0.25) is 4.79 Å². The lowest BCUT2D eigenvalue weighted by Crippen LogP contribution is -2.44. The summed E-state index contributed by atoms with van der Waals surface area (Å²) in [4.78, 5) is 26.9. The van der Waals surface area contributed by atoms with Crippen molar-refractivity contribution in [3.8, 4) is 5.75 Å². The van der Waals surface area contributed by atoms with Crippen molar-refractivity contribution in [2.24, 2.45) is 5.92 Å². The van der Waals surface area contributed by atoms with E-state index in [4.69, 9.17) is 4.74 Å². The average molecular weight is 338 g/mol. The van der Waals surface area contributed by atoms with Crippen LogP contribution in [0, 0.1) is 5.92 Å². The van der Waals surface area contributed by atoms with Gasteiger partial charge in [-0.15, -0.1) is 0 Å². The molecule has 0 aromatic heterocycles. The van der Waals surface area contributed by atoms with E-state index in [0.717, 1.165) is 24.3 Å². The third-order valence-electron chi connectivity index (χ3n) is 4.48. The number of urea groups is 1. The Morgan fingerprint density at radius 3 is 2.48 bits per heavy atom. The number of hydrogen-bond donors (Lipinski definition) is 1. The number of carbonyl (C=O) groups is 2. The zero-order chi connectivity index (χ0) is 17.6. The topological polar surface area (TPSA) is 58.6 Å². The number of methoxy groups -OCH3 is 1. The van der Waals surface area contributed by atoms with Gasteiger partial charge in [0, 0.05) is 30.3 Å². The zero-order valence-electron chi connectivity index (χ0n) is 14.3. The van der Waals surface area contributed by atoms with E-state index >= 15 is 0 Å². The number of ketones is 1. The Morgan fingerprint density at radius 2 is 1.80 bits per heavy atom. The summed E-state index contributed by atoms with van der Waals surface area (Å²) in [6, 6.07) is 16.3. The van der Waals surface area contributed by atoms with E-state index in [1.54, 1.807) is 36.3 Å². The molecule has 0 spiro atoms. The first-order valence-electron chi connectivity index (χ1n) is 8.46. The summed E-state index contributed by atoms with van der Waals surface area (Å²) in [5, 5.41) is 2.89. The molecular weight excluding hydrogens is 316 g/mol. The van der Waals surface area contributed by atoms with Crippen LogP contribution in [0.3, 0.4) is 0 Å². The third kappa shape index (κ3) is 4.18. The number of hydrogen-bond acceptors (Lipinski definition) is 3. The molecule has 25 heavy (non-hydrogen) atoms. The Bertz CT molecular complexity index is 728. The molecule has 0 aliphatic carbocycles. The Balaban J connectivity index is 1.63. The SMILES string of the molecule is COc1ccc(C(=O)C2CCCN(C(=O)Nc3ccccc3)C2)cc1. The summed E-state index contributed by atoms with van der Waals surface area (Å²) in [5.74, 6) is 0.646. The zero-order valence-corrected chi connectivity index (χ0v) is 14.3. The number of amides is 2. The lowest BCUT2D eigenvalue weighted by molar-refractivity contribution is 0.0851. The van der Waals surface area contributed by atoms with Crippen molar-refractivity contribution in [3.63, 3.8) is 0 Å². The maximum atomic E-state index is 12.7. The largest absolute Gasteiger partial charge is 0.497 e. The molecule has 2 aromatic carbocycles. The van der Waals surface area contributed by atoms with Crippen molar-refractivity contribution in [1.82, 2.24) is 4.90 Å². The minimum absolute atomic E-state index is 0.0832. The van der Waals surface area contributed by atoms with E-state index in [2.05, 4.69) is 5.32 Å². The Labute approximate surface area is 147 Å². The fourth-order valence-electron chi connectivity index (χ4n) is 3.09. The summed E-state index contributed by atoms with van der Waals surface area (Å²) in [7, 11) is 1.60. The summed E-state index contributed by atoms with van der Waals surface area (Å²) in [6.07, 6.45) is 1.63. The molecular formula is C20H22N2O3. The van der Waals surface area contributed by atoms with Crippen LogP contribution in [-0.4, -0.2) is 36.9 Å². The molecule has 3 rings (SSSR count). The van der Waals surface area contributed by atoms with Crippen LogP contribution < -0.4 is 10.1 Å². The second-order valence-corrected chi connectivity index (χ2v) is 6.17. The van der Waals surface area contributed by atoms with Crippen molar-refractivity contribution in [2.45, 2.75) is 12.8 Å². The molecule has 5 nitrogen and oxygen atoms in total. The summed E-state index contributed by atoms with van der Waals surface area (Å²) >= 11 is 0. The molecule has 0 radical (unpaired) electrons. The predicted molar refractivity (Wildman–Crippen MR) is 97.1 cm³/mol. The number of rotatable bonds is 4. The van der Waals surface area contributed by atoms with Crippen LogP contribution >= 0.6 is 0 Å². The van der Waals surface area contributed by atoms with Crippen LogP contribution in [0.4, 0.5) is 10.5 Å². The number of ether oxygens (including phenoxy) is 1. The van der Waals surface area contributed by atoms with Crippen LogP contribution in [0.15, 0.2) is 54.6 Å². The second-order valence-electron chi connectivity index (χ2n) is 6.17. The van der Waals surface area contributed by atoms with Crippen LogP contribution in [0.25, 0.3) is 0 Å². The van der Waals surface area contributed by atoms with Gasteiger partial charge in [-0.05, 0) is 49.2 Å². The number of nitrogens with zero attached hydrogens (tertiary/aromatic N) is 1. The molecule has 1 atom stereocenters. The molecule has 2 amide bonds. The third-order valence-corrected chi connectivity index (χ3v) is 4.48. The fourth-order valence-corrected chi connectivity index (χ4v) is 3.09. The molecule has 0 saturated carbocycles. The summed E-state index contributed by atoms with van der Waals surface area (Å²) in [5.41, 5.74) is 1.42. The van der Waals surface area contributed by atoms with Crippen molar-refractivity contribution in [2.75, 3.05) is 25.5 Å². The van der Waals surface area contributed by atoms with Gasteiger partial charge in [0.15, 0.2) is 5.78 Å². The number of piperidine rings is 1. The number of anilines is 1. The monoisotopic (exact) mass is 338 g/mol. The minimum atomic E-state index is -0.163. The molecule has 1 heterocycles. The first-order valence-corrected chi connectivity index (χ1v) is 8.46. The van der Waals surface area contributed by atoms with Gasteiger partial charge in [0.25, 0.3) is 0 Å². The lowest BCUT2D eigenvalue weighted by Gasteiger charge is -2.32. The summed E-state index contributed by atoms with van der Waals surface area (Å²) < 4.78 is 5.13. The van der Waals surface area contributed by atoms with Crippen molar-refractivity contribution in [1.29, 1.82) is 0 Å². The van der Waals surface area contributed by atoms with E-state index in [0.29, 0.717) is 18.7 Å². The van der Waals surface area contributed by atoms with E-state index in [1.807, 2.05) is 30.3 Å². The quantitative estimate of drug-likeness (QED) is 0.862. The minimum Gasteiger partial charge on any atom is -0.497 e. The average Bonchev–Trinajstić information content (AvgIpc) is 2.68. The van der Waals surface area contributed by atoms with Gasteiger partial charge in [0.05, 0.1) is 7.11 Å². The predicted octanol–water partition coefficient (Wildman–Crippen LogP) is 3.82. The molecule has 2 aromatic rings. The first-order chi connectivity index (χ1) is 12.2. The van der Waals surface area contributed by atoms with Crippen LogP contribution in [-0.2, 0) is 0 Å². The lowest BCUT2D eigenvalue weighted by atomic mass is 9.90. The summed E-state index contributed by atoms with van der Waals surface area (Å²) in [6.45, 7) is 1.12. The highest BCUT2D eigenvalue weighted by atomic mass is 16.5. The standard InChI is InChI=1S/C20H22N2O3/c1-25-18-11-9-15(10-12-18)19(23)16-6-5-13-22(14-16)20(24)21-17-7-3-2-4-8-17/h2-4,7-12,16H,5-6,13-14H2,1H3,(H,21,24). The highest BCUT2D eigenvalue weighted by Crippen LogP contribution is 2.23. The first kappa shape index (κ1) is 17.0. The van der Waals surface area contributed by atoms with Gasteiger partial charge in [-0.25, -0.2) is 4.79 Å². The molecule has 1 unspecified atom stereocenters. The molecule has 5 heteroatoms. The van der Waals surface area contributed by atoms with Gasteiger partial charge in [-0.2, -0.15) is 0 Å². The molecule has 1 N–H and O–H groups in total. The molecule has 1 aliphatic rings. The van der Waals surface area contributed by atoms with Crippen molar-refractivity contribution >= 4 is 17.5 Å². The number of nitrogens with one attached hydrogen (secondary N) is 1. The van der Waals surface area contributed by atoms with E-state index in [-0.39, 0.29) is 17.7 Å². The highest BCUT2D eigenvalue weighted by Gasteiger charge is 2.29. The Morgan fingerprint density at radius 1 is 1.08 bits per heavy atom. The van der Waals surface area contributed by atoms with E-state index in [9.17, 15) is 9.59 Å². The number of carbonyl (C=O) groups excluding carboxylic acids is 2. The molecule has 0 bridgehead atoms. The normalized spacial score (nSPS) is 17.0. The number of Topliss-reactive ketones (excluding diaryl/α,β-unsaturated/α-hetero) is 1. The van der Waals surface area contributed by atoms with E-state index in [1.165, 1.54) is 0 Å². The Kier molecular flexibility index (Phi) is 5.33. The number of para-hydroxylation sites is 1. The molecule has 1 saturated heterocycles. The smallest absolute Gasteiger partial charge is 0.321 e. The highest BCUT2D eigenvalue weighted by molar-refractivity contribution is 5.98. The van der Waals surface area contributed by atoms with Gasteiger partial charge >= 0.3 is 6.03 Å². The molecule has 1 fully saturated rings. The Hall–Kier alpha value is -2.82. The van der Waals surface area contributed by atoms with Crippen LogP contribution in [0.5, 0.6) is 5.75 Å². The van der Waals surface area contributed by atoms with Crippen LogP contribution in [0.2, 0.25) is 0 Å². The number of benzene rings is 2. The van der Waals surface area contributed by atoms with Gasteiger partial charge < -0.3 is 15.0 Å². The van der Waals surface area contributed by atoms with Gasteiger partial charge in [0.2, 0.25) is 0 Å². The van der Waals surface area contributed by atoms with Crippen molar-refractivity contribution < 1.29 is 14.3 Å². The maximum absolute atomic E-state index is 12.7. The molecule has 1 aliphatic heterocycles. The second kappa shape index (κ2) is 7.83. The van der Waals surface area contributed by atoms with Gasteiger partial charge in [-0.1, -0.05) is 18.2 Å². The van der Waals surface area contributed by atoms with E-state index < -0.39 is 0 Å². The van der Waals surface area contributed by atoms with Crippen molar-refractivity contribution in [3.05, 3.63) is 60.2 Å². The van der Waals surface area contributed by atoms with Crippen LogP contribution in [0.1, 0.15) is 23.2 Å². The fraction of sp³-hybridized carbons (Fsp3) is 0.300. The number of likely N-dealkylation sites (tertiary alicyclic amines) is 1. The maximum Gasteiger partial charge on any atom is 0.321 e. The van der Waals surface area contributed by atoms with Gasteiger partial charge in [0.1, 0.15) is 5.75 Å². The molecule has 130 valence electrons.